The molecule has 1 amide bonds. The van der Waals surface area contributed by atoms with E-state index in [2.05, 4.69) is 20.1 Å². The zero-order valence-electron chi connectivity index (χ0n) is 18.2. The van der Waals surface area contributed by atoms with Gasteiger partial charge in [-0.05, 0) is 43.3 Å². The van der Waals surface area contributed by atoms with Gasteiger partial charge in [0.1, 0.15) is 5.82 Å². The first-order chi connectivity index (χ1) is 15.4. The third-order valence-electron chi connectivity index (χ3n) is 5.94. The number of benzene rings is 1. The van der Waals surface area contributed by atoms with E-state index in [1.807, 2.05) is 25.1 Å². The molecule has 1 atom stereocenters. The van der Waals surface area contributed by atoms with E-state index >= 15 is 0 Å². The van der Waals surface area contributed by atoms with E-state index in [0.29, 0.717) is 32.0 Å². The molecule has 1 N–H and O–H groups in total. The summed E-state index contributed by atoms with van der Waals surface area (Å²) in [6.07, 6.45) is 1.79. The number of carbonyl (C=O) groups excluding carboxylic acids is 1. The number of carbonyl (C=O) groups is 1. The topological polar surface area (TPSA) is 95.1 Å². The van der Waals surface area contributed by atoms with Crippen molar-refractivity contribution in [1.29, 1.82) is 0 Å². The van der Waals surface area contributed by atoms with Crippen LogP contribution in [0.25, 0.3) is 0 Å². The van der Waals surface area contributed by atoms with Crippen molar-refractivity contribution < 1.29 is 17.9 Å². The zero-order chi connectivity index (χ0) is 22.6. The molecule has 2 aromatic rings. The fourth-order valence-corrected chi connectivity index (χ4v) is 5.35. The summed E-state index contributed by atoms with van der Waals surface area (Å²) in [6.45, 7) is 6.55. The van der Waals surface area contributed by atoms with E-state index in [-0.39, 0.29) is 16.8 Å². The first kappa shape index (κ1) is 22.7. The van der Waals surface area contributed by atoms with Crippen LogP contribution in [-0.4, -0.2) is 87.0 Å². The second kappa shape index (κ2) is 9.95. The van der Waals surface area contributed by atoms with Crippen molar-refractivity contribution in [2.45, 2.75) is 17.9 Å². The maximum Gasteiger partial charge on any atom is 0.243 e. The molecule has 0 spiro atoms. The maximum atomic E-state index is 12.8. The minimum atomic E-state index is -3.55. The molecular formula is C22H29N5O4S. The molecule has 10 heteroatoms. The van der Waals surface area contributed by atoms with Crippen LogP contribution in [0.15, 0.2) is 53.6 Å². The van der Waals surface area contributed by atoms with E-state index in [1.165, 1.54) is 16.4 Å². The van der Waals surface area contributed by atoms with E-state index in [1.54, 1.807) is 18.3 Å². The second-order valence-corrected chi connectivity index (χ2v) is 9.85. The van der Waals surface area contributed by atoms with Gasteiger partial charge in [-0.1, -0.05) is 6.07 Å². The molecule has 2 aliphatic rings. The highest BCUT2D eigenvalue weighted by Crippen LogP contribution is 2.20. The summed E-state index contributed by atoms with van der Waals surface area (Å²) in [6, 6.07) is 11.9. The van der Waals surface area contributed by atoms with E-state index in [9.17, 15) is 13.2 Å². The number of rotatable bonds is 6. The van der Waals surface area contributed by atoms with Crippen molar-refractivity contribution in [3.8, 4) is 0 Å². The third-order valence-corrected chi connectivity index (χ3v) is 7.86. The summed E-state index contributed by atoms with van der Waals surface area (Å²) in [5, 5.41) is 2.91. The SMILES string of the molecule is C[C@@H](C(=O)Nc1ccc(S(=O)(=O)N2CCOCC2)cc1)N1CCN(c2ccccn2)CC1. The summed E-state index contributed by atoms with van der Waals surface area (Å²) in [4.78, 5) is 21.7. The number of hydrogen-bond donors (Lipinski definition) is 1. The van der Waals surface area contributed by atoms with Gasteiger partial charge in [-0.25, -0.2) is 13.4 Å². The van der Waals surface area contributed by atoms with E-state index in [0.717, 1.165) is 32.0 Å². The smallest absolute Gasteiger partial charge is 0.243 e. The second-order valence-electron chi connectivity index (χ2n) is 7.92. The van der Waals surface area contributed by atoms with Crippen LogP contribution in [0, 0.1) is 0 Å². The van der Waals surface area contributed by atoms with Crippen LogP contribution in [0.3, 0.4) is 0 Å². The number of sulfonamides is 1. The monoisotopic (exact) mass is 459 g/mol. The lowest BCUT2D eigenvalue weighted by Gasteiger charge is -2.37. The van der Waals surface area contributed by atoms with Gasteiger partial charge in [0.15, 0.2) is 0 Å². The van der Waals surface area contributed by atoms with Gasteiger partial charge in [-0.15, -0.1) is 0 Å². The molecular weight excluding hydrogens is 430 g/mol. The molecule has 3 heterocycles. The highest BCUT2D eigenvalue weighted by Gasteiger charge is 2.28. The van der Waals surface area contributed by atoms with Gasteiger partial charge in [0, 0.05) is 51.2 Å². The van der Waals surface area contributed by atoms with Crippen molar-refractivity contribution in [1.82, 2.24) is 14.2 Å². The molecule has 172 valence electrons. The van der Waals surface area contributed by atoms with Crippen LogP contribution < -0.4 is 10.2 Å². The van der Waals surface area contributed by atoms with Gasteiger partial charge in [0.25, 0.3) is 0 Å². The third kappa shape index (κ3) is 5.09. The average molecular weight is 460 g/mol. The van der Waals surface area contributed by atoms with E-state index in [4.69, 9.17) is 4.74 Å². The lowest BCUT2D eigenvalue weighted by molar-refractivity contribution is -0.120. The summed E-state index contributed by atoms with van der Waals surface area (Å²) < 4.78 is 32.1. The van der Waals surface area contributed by atoms with Crippen LogP contribution in [0.5, 0.6) is 0 Å². The number of aromatic nitrogens is 1. The Hall–Kier alpha value is -2.53. The summed E-state index contributed by atoms with van der Waals surface area (Å²) in [5.74, 6) is 0.844. The lowest BCUT2D eigenvalue weighted by Crippen LogP contribution is -2.53. The fraction of sp³-hybridized carbons (Fsp3) is 0.455. The molecule has 0 unspecified atom stereocenters. The van der Waals surface area contributed by atoms with Crippen molar-refractivity contribution in [3.63, 3.8) is 0 Å². The normalized spacial score (nSPS) is 19.5. The molecule has 0 radical (unpaired) electrons. The van der Waals surface area contributed by atoms with Crippen molar-refractivity contribution in [2.24, 2.45) is 0 Å². The number of nitrogens with zero attached hydrogens (tertiary/aromatic N) is 4. The Morgan fingerprint density at radius 2 is 1.69 bits per heavy atom. The van der Waals surface area contributed by atoms with Gasteiger partial charge >= 0.3 is 0 Å². The number of ether oxygens (including phenoxy) is 1. The van der Waals surface area contributed by atoms with Gasteiger partial charge < -0.3 is 15.0 Å². The molecule has 0 bridgehead atoms. The van der Waals surface area contributed by atoms with Gasteiger partial charge in [0.2, 0.25) is 15.9 Å². The molecule has 2 fully saturated rings. The molecule has 1 aromatic heterocycles. The number of nitrogens with one attached hydrogen (secondary N) is 1. The number of amides is 1. The number of morpholine rings is 1. The van der Waals surface area contributed by atoms with Crippen LogP contribution in [0.1, 0.15) is 6.92 Å². The summed E-state index contributed by atoms with van der Waals surface area (Å²) in [5.41, 5.74) is 0.579. The largest absolute Gasteiger partial charge is 0.379 e. The van der Waals surface area contributed by atoms with Gasteiger partial charge in [0.05, 0.1) is 24.2 Å². The Bertz CT molecular complexity index is 1000. The number of hydrogen-bond acceptors (Lipinski definition) is 7. The Morgan fingerprint density at radius 1 is 1.00 bits per heavy atom. The zero-order valence-corrected chi connectivity index (χ0v) is 19.0. The van der Waals surface area contributed by atoms with Crippen molar-refractivity contribution in [2.75, 3.05) is 62.7 Å². The highest BCUT2D eigenvalue weighted by molar-refractivity contribution is 7.89. The minimum Gasteiger partial charge on any atom is -0.379 e. The predicted octanol–water partition coefficient (Wildman–Crippen LogP) is 1.25. The quantitative estimate of drug-likeness (QED) is 0.695. The molecule has 1 aromatic carbocycles. The van der Waals surface area contributed by atoms with Crippen molar-refractivity contribution in [3.05, 3.63) is 48.7 Å². The first-order valence-electron chi connectivity index (χ1n) is 10.8. The Morgan fingerprint density at radius 3 is 2.31 bits per heavy atom. The standard InChI is InChI=1S/C22H29N5O4S/c1-18(25-10-12-26(13-11-25)21-4-2-3-9-23-21)22(28)24-19-5-7-20(8-6-19)32(29,30)27-14-16-31-17-15-27/h2-9,18H,10-17H2,1H3,(H,24,28)/t18-/m0/s1. The molecule has 2 aliphatic heterocycles. The molecule has 4 rings (SSSR count). The van der Waals surface area contributed by atoms with Crippen LogP contribution in [0.2, 0.25) is 0 Å². The fourth-order valence-electron chi connectivity index (χ4n) is 3.94. The van der Waals surface area contributed by atoms with Gasteiger partial charge in [-0.3, -0.25) is 9.69 Å². The molecule has 32 heavy (non-hydrogen) atoms. The minimum absolute atomic E-state index is 0.111. The van der Waals surface area contributed by atoms with Crippen molar-refractivity contribution >= 4 is 27.4 Å². The Labute approximate surface area is 189 Å². The first-order valence-corrected chi connectivity index (χ1v) is 12.3. The number of anilines is 2. The number of pyridine rings is 1. The Balaban J connectivity index is 1.32. The lowest BCUT2D eigenvalue weighted by atomic mass is 10.2. The molecule has 0 saturated carbocycles. The van der Waals surface area contributed by atoms with Gasteiger partial charge in [-0.2, -0.15) is 4.31 Å². The van der Waals surface area contributed by atoms with Crippen LogP contribution >= 0.6 is 0 Å². The summed E-state index contributed by atoms with van der Waals surface area (Å²) >= 11 is 0. The molecule has 9 nitrogen and oxygen atoms in total. The maximum absolute atomic E-state index is 12.8. The molecule has 0 aliphatic carbocycles. The van der Waals surface area contributed by atoms with E-state index < -0.39 is 10.0 Å². The van der Waals surface area contributed by atoms with Crippen LogP contribution in [-0.2, 0) is 19.6 Å². The average Bonchev–Trinajstić information content (AvgIpc) is 2.85. The molecule has 2 saturated heterocycles. The number of piperazine rings is 1. The highest BCUT2D eigenvalue weighted by atomic mass is 32.2. The Kier molecular flexibility index (Phi) is 7.04. The van der Waals surface area contributed by atoms with Crippen LogP contribution in [0.4, 0.5) is 11.5 Å². The summed E-state index contributed by atoms with van der Waals surface area (Å²) in [7, 11) is -3.55. The predicted molar refractivity (Wildman–Crippen MR) is 122 cm³/mol.